The minimum absolute atomic E-state index is 0.130. The number of nitrogen functional groups attached to an aromatic ring is 1. The first-order valence-electron chi connectivity index (χ1n) is 5.39. The highest BCUT2D eigenvalue weighted by molar-refractivity contribution is 7.98. The van der Waals surface area contributed by atoms with Gasteiger partial charge in [0.05, 0.1) is 6.10 Å². The van der Waals surface area contributed by atoms with Crippen LogP contribution in [0.3, 0.4) is 0 Å². The molecule has 2 unspecified atom stereocenters. The van der Waals surface area contributed by atoms with E-state index in [1.165, 1.54) is 11.8 Å². The zero-order valence-electron chi connectivity index (χ0n) is 10.3. The molecule has 1 aromatic rings. The molecular formula is C10H19N5OS. The van der Waals surface area contributed by atoms with Crippen molar-refractivity contribution in [2.45, 2.75) is 37.6 Å². The number of aliphatic hydroxyl groups is 1. The van der Waals surface area contributed by atoms with Crippen LogP contribution >= 0.6 is 11.8 Å². The van der Waals surface area contributed by atoms with Crippen LogP contribution in [0.15, 0.2) is 11.2 Å². The van der Waals surface area contributed by atoms with Crippen LogP contribution in [0.2, 0.25) is 0 Å². The van der Waals surface area contributed by atoms with Crippen molar-refractivity contribution in [1.29, 1.82) is 0 Å². The van der Waals surface area contributed by atoms with Gasteiger partial charge in [-0.25, -0.2) is 15.8 Å². The molecule has 0 radical (unpaired) electrons. The zero-order valence-corrected chi connectivity index (χ0v) is 11.1. The predicted molar refractivity (Wildman–Crippen MR) is 71.0 cm³/mol. The summed E-state index contributed by atoms with van der Waals surface area (Å²) in [5, 5.41) is 13.1. The van der Waals surface area contributed by atoms with Crippen LogP contribution in [-0.4, -0.2) is 33.5 Å². The summed E-state index contributed by atoms with van der Waals surface area (Å²) in [6, 6.07) is 1.86. The molecule has 5 N–H and O–H groups in total. The van der Waals surface area contributed by atoms with E-state index in [0.29, 0.717) is 23.2 Å². The van der Waals surface area contributed by atoms with E-state index in [4.69, 9.17) is 5.84 Å². The van der Waals surface area contributed by atoms with E-state index in [9.17, 15) is 5.11 Å². The SMILES string of the molecule is CSc1nc(NN)cc(NC(C)CC(C)O)n1. The minimum atomic E-state index is -0.341. The third-order valence-electron chi connectivity index (χ3n) is 2.13. The second-order valence-corrected chi connectivity index (χ2v) is 4.67. The third-order valence-corrected chi connectivity index (χ3v) is 2.67. The topological polar surface area (TPSA) is 96.1 Å². The molecule has 96 valence electrons. The highest BCUT2D eigenvalue weighted by atomic mass is 32.2. The molecule has 7 heteroatoms. The molecule has 0 aliphatic heterocycles. The minimum Gasteiger partial charge on any atom is -0.393 e. The van der Waals surface area contributed by atoms with Gasteiger partial charge >= 0.3 is 0 Å². The maximum absolute atomic E-state index is 9.29. The summed E-state index contributed by atoms with van der Waals surface area (Å²) in [5.74, 6) is 6.60. The number of aromatic nitrogens is 2. The number of thioether (sulfide) groups is 1. The molecule has 0 bridgehead atoms. The van der Waals surface area contributed by atoms with Crippen molar-refractivity contribution < 1.29 is 5.11 Å². The highest BCUT2D eigenvalue weighted by Crippen LogP contribution is 2.17. The lowest BCUT2D eigenvalue weighted by Gasteiger charge is -2.16. The molecule has 0 amide bonds. The summed E-state index contributed by atoms with van der Waals surface area (Å²) in [5.41, 5.74) is 2.50. The van der Waals surface area contributed by atoms with E-state index in [1.807, 2.05) is 13.2 Å². The number of hydrazine groups is 1. The number of aliphatic hydroxyl groups excluding tert-OH is 1. The summed E-state index contributed by atoms with van der Waals surface area (Å²) < 4.78 is 0. The Bertz CT molecular complexity index is 338. The van der Waals surface area contributed by atoms with E-state index >= 15 is 0 Å². The van der Waals surface area contributed by atoms with Crippen molar-refractivity contribution in [3.63, 3.8) is 0 Å². The Kier molecular flexibility index (Phi) is 5.46. The highest BCUT2D eigenvalue weighted by Gasteiger charge is 2.09. The van der Waals surface area contributed by atoms with Gasteiger partial charge < -0.3 is 15.8 Å². The van der Waals surface area contributed by atoms with Gasteiger partial charge in [0.1, 0.15) is 11.6 Å². The smallest absolute Gasteiger partial charge is 0.191 e. The van der Waals surface area contributed by atoms with Crippen LogP contribution in [0.1, 0.15) is 20.3 Å². The first-order valence-corrected chi connectivity index (χ1v) is 6.62. The molecule has 0 saturated heterocycles. The van der Waals surface area contributed by atoms with Crippen LogP contribution in [-0.2, 0) is 0 Å². The van der Waals surface area contributed by atoms with Crippen molar-refractivity contribution in [1.82, 2.24) is 9.97 Å². The molecule has 1 heterocycles. The lowest BCUT2D eigenvalue weighted by atomic mass is 10.1. The fourth-order valence-corrected chi connectivity index (χ4v) is 1.87. The molecule has 1 aromatic heterocycles. The lowest BCUT2D eigenvalue weighted by Crippen LogP contribution is -2.21. The van der Waals surface area contributed by atoms with Crippen LogP contribution in [0.25, 0.3) is 0 Å². The van der Waals surface area contributed by atoms with E-state index in [2.05, 4.69) is 20.7 Å². The summed E-state index contributed by atoms with van der Waals surface area (Å²) in [6.07, 6.45) is 2.22. The number of hydrogen-bond acceptors (Lipinski definition) is 7. The predicted octanol–water partition coefficient (Wildman–Crippen LogP) is 1.06. The average molecular weight is 257 g/mol. The quantitative estimate of drug-likeness (QED) is 0.262. The van der Waals surface area contributed by atoms with Gasteiger partial charge in [-0.1, -0.05) is 11.8 Å². The third kappa shape index (κ3) is 4.76. The summed E-state index contributed by atoms with van der Waals surface area (Å²) in [6.45, 7) is 3.75. The Labute approximate surface area is 105 Å². The normalized spacial score (nSPS) is 14.2. The molecule has 1 rings (SSSR count). The Morgan fingerprint density at radius 2 is 2.06 bits per heavy atom. The van der Waals surface area contributed by atoms with Gasteiger partial charge in [-0.2, -0.15) is 0 Å². The molecule has 0 fully saturated rings. The fraction of sp³-hybridized carbons (Fsp3) is 0.600. The van der Waals surface area contributed by atoms with Crippen molar-refractivity contribution >= 4 is 23.4 Å². The Morgan fingerprint density at radius 3 is 2.59 bits per heavy atom. The first kappa shape index (κ1) is 14.0. The average Bonchev–Trinajstić information content (AvgIpc) is 2.27. The Balaban J connectivity index is 2.75. The molecular weight excluding hydrogens is 238 g/mol. The molecule has 6 nitrogen and oxygen atoms in total. The zero-order chi connectivity index (χ0) is 12.8. The lowest BCUT2D eigenvalue weighted by molar-refractivity contribution is 0.179. The summed E-state index contributed by atoms with van der Waals surface area (Å²) in [7, 11) is 0. The van der Waals surface area contributed by atoms with Crippen LogP contribution < -0.4 is 16.6 Å². The maximum atomic E-state index is 9.29. The van der Waals surface area contributed by atoms with E-state index < -0.39 is 0 Å². The Hall–Kier alpha value is -1.05. The Morgan fingerprint density at radius 1 is 1.41 bits per heavy atom. The summed E-state index contributed by atoms with van der Waals surface area (Å²) >= 11 is 1.45. The van der Waals surface area contributed by atoms with Gasteiger partial charge in [-0.3, -0.25) is 0 Å². The van der Waals surface area contributed by atoms with Gasteiger partial charge in [-0.15, -0.1) is 0 Å². The first-order chi connectivity index (χ1) is 8.05. The van der Waals surface area contributed by atoms with Crippen molar-refractivity contribution in [2.75, 3.05) is 17.0 Å². The van der Waals surface area contributed by atoms with Crippen LogP contribution in [0.4, 0.5) is 11.6 Å². The standard InChI is InChI=1S/C10H19N5OS/c1-6(4-7(2)16)12-8-5-9(15-11)14-10(13-8)17-3/h5-7,16H,4,11H2,1-3H3,(H2,12,13,14,15). The maximum Gasteiger partial charge on any atom is 0.191 e. The van der Waals surface area contributed by atoms with Gasteiger partial charge in [-0.05, 0) is 26.5 Å². The molecule has 0 aromatic carbocycles. The van der Waals surface area contributed by atoms with Crippen LogP contribution in [0, 0.1) is 0 Å². The van der Waals surface area contributed by atoms with Gasteiger partial charge in [0, 0.05) is 12.1 Å². The second-order valence-electron chi connectivity index (χ2n) is 3.90. The fourth-order valence-electron chi connectivity index (χ4n) is 1.49. The molecule has 0 saturated carbocycles. The van der Waals surface area contributed by atoms with Gasteiger partial charge in [0.15, 0.2) is 5.16 Å². The molecule has 0 aliphatic carbocycles. The molecule has 2 atom stereocenters. The van der Waals surface area contributed by atoms with Gasteiger partial charge in [0.25, 0.3) is 0 Å². The number of nitrogens with zero attached hydrogens (tertiary/aromatic N) is 2. The van der Waals surface area contributed by atoms with E-state index in [0.717, 1.165) is 0 Å². The second kappa shape index (κ2) is 6.63. The number of anilines is 2. The van der Waals surface area contributed by atoms with E-state index in [-0.39, 0.29) is 12.1 Å². The number of nitrogens with one attached hydrogen (secondary N) is 2. The van der Waals surface area contributed by atoms with Crippen molar-refractivity contribution in [2.24, 2.45) is 5.84 Å². The molecule has 0 spiro atoms. The van der Waals surface area contributed by atoms with Gasteiger partial charge in [0.2, 0.25) is 0 Å². The van der Waals surface area contributed by atoms with Crippen molar-refractivity contribution in [3.8, 4) is 0 Å². The van der Waals surface area contributed by atoms with Crippen LogP contribution in [0.5, 0.6) is 0 Å². The molecule has 0 aliphatic rings. The monoisotopic (exact) mass is 257 g/mol. The summed E-state index contributed by atoms with van der Waals surface area (Å²) in [4.78, 5) is 8.48. The number of hydrogen-bond donors (Lipinski definition) is 4. The number of rotatable bonds is 6. The number of nitrogens with two attached hydrogens (primary N) is 1. The largest absolute Gasteiger partial charge is 0.393 e. The van der Waals surface area contributed by atoms with Crippen molar-refractivity contribution in [3.05, 3.63) is 6.07 Å². The molecule has 17 heavy (non-hydrogen) atoms. The van der Waals surface area contributed by atoms with E-state index in [1.54, 1.807) is 13.0 Å².